The van der Waals surface area contributed by atoms with E-state index in [1.54, 1.807) is 56.4 Å². The number of aryl methyl sites for hydroxylation is 1. The van der Waals surface area contributed by atoms with E-state index in [1.807, 2.05) is 6.07 Å². The molecular formula is C22H25N5O4S. The quantitative estimate of drug-likeness (QED) is 0.527. The Balaban J connectivity index is 2.01. The van der Waals surface area contributed by atoms with Crippen molar-refractivity contribution in [3.05, 3.63) is 72.3 Å². The van der Waals surface area contributed by atoms with Crippen LogP contribution in [0.25, 0.3) is 0 Å². The highest BCUT2D eigenvalue weighted by Crippen LogP contribution is 2.28. The second-order valence-corrected chi connectivity index (χ2v) is 8.68. The third-order valence-electron chi connectivity index (χ3n) is 4.79. The van der Waals surface area contributed by atoms with Crippen molar-refractivity contribution in [3.63, 3.8) is 0 Å². The van der Waals surface area contributed by atoms with Gasteiger partial charge in [0.25, 0.3) is 10.0 Å². The highest BCUT2D eigenvalue weighted by Gasteiger charge is 2.37. The van der Waals surface area contributed by atoms with Gasteiger partial charge >= 0.3 is 0 Å². The van der Waals surface area contributed by atoms with Crippen molar-refractivity contribution in [3.8, 4) is 5.88 Å². The molecule has 3 heterocycles. The molecule has 9 nitrogen and oxygen atoms in total. The molecule has 1 unspecified atom stereocenters. The zero-order valence-electron chi connectivity index (χ0n) is 18.1. The van der Waals surface area contributed by atoms with Gasteiger partial charge in [-0.2, -0.15) is 8.42 Å². The Morgan fingerprint density at radius 2 is 1.88 bits per heavy atom. The Labute approximate surface area is 187 Å². The standard InChI is InChI=1S/C22H25N5O4S/c1-4-19(21(28)26-14-17-9-5-6-12-23-17)27(18-10-11-20(31-3)25-15-18)32(29,30)22-16(2)8-7-13-24-22/h5-13,15,19H,4,14H2,1-3H3,(H,26,28). The minimum atomic E-state index is -4.18. The minimum absolute atomic E-state index is 0.119. The number of methoxy groups -OCH3 is 1. The summed E-state index contributed by atoms with van der Waals surface area (Å²) in [6, 6.07) is 10.8. The molecule has 0 bridgehead atoms. The van der Waals surface area contributed by atoms with Crippen molar-refractivity contribution >= 4 is 21.6 Å². The summed E-state index contributed by atoms with van der Waals surface area (Å²) in [7, 11) is -2.71. The van der Waals surface area contributed by atoms with Gasteiger partial charge in [0.1, 0.15) is 6.04 Å². The molecule has 32 heavy (non-hydrogen) atoms. The number of carbonyl (C=O) groups excluding carboxylic acids is 1. The van der Waals surface area contributed by atoms with E-state index < -0.39 is 22.0 Å². The molecule has 3 aromatic rings. The summed E-state index contributed by atoms with van der Waals surface area (Å²) in [4.78, 5) is 25.5. The minimum Gasteiger partial charge on any atom is -0.481 e. The van der Waals surface area contributed by atoms with Crippen molar-refractivity contribution in [2.45, 2.75) is 37.9 Å². The second-order valence-electron chi connectivity index (χ2n) is 6.95. The molecule has 0 fully saturated rings. The predicted octanol–water partition coefficient (Wildman–Crippen LogP) is 2.48. The van der Waals surface area contributed by atoms with E-state index in [1.165, 1.54) is 19.5 Å². The molecule has 0 radical (unpaired) electrons. The fourth-order valence-corrected chi connectivity index (χ4v) is 5.02. The summed E-state index contributed by atoms with van der Waals surface area (Å²) in [5.74, 6) is -0.126. The Hall–Kier alpha value is -3.53. The van der Waals surface area contributed by atoms with E-state index in [4.69, 9.17) is 4.74 Å². The number of carbonyl (C=O) groups is 1. The van der Waals surface area contributed by atoms with Crippen molar-refractivity contribution in [1.82, 2.24) is 20.3 Å². The number of aromatic nitrogens is 3. The lowest BCUT2D eigenvalue weighted by atomic mass is 10.2. The lowest BCUT2D eigenvalue weighted by molar-refractivity contribution is -0.122. The first kappa shape index (κ1) is 23.1. The molecular weight excluding hydrogens is 430 g/mol. The zero-order chi connectivity index (χ0) is 23.1. The summed E-state index contributed by atoms with van der Waals surface area (Å²) in [6.45, 7) is 3.58. The van der Waals surface area contributed by atoms with E-state index in [9.17, 15) is 13.2 Å². The van der Waals surface area contributed by atoms with Gasteiger partial charge in [0.15, 0.2) is 5.03 Å². The Morgan fingerprint density at radius 3 is 2.47 bits per heavy atom. The van der Waals surface area contributed by atoms with Crippen molar-refractivity contribution in [2.75, 3.05) is 11.4 Å². The monoisotopic (exact) mass is 455 g/mol. The van der Waals surface area contributed by atoms with Gasteiger partial charge in [-0.25, -0.2) is 9.97 Å². The van der Waals surface area contributed by atoms with E-state index >= 15 is 0 Å². The molecule has 1 amide bonds. The lowest BCUT2D eigenvalue weighted by Gasteiger charge is -2.31. The van der Waals surface area contributed by atoms with Gasteiger partial charge in [0.2, 0.25) is 11.8 Å². The van der Waals surface area contributed by atoms with Crippen LogP contribution in [0.4, 0.5) is 5.69 Å². The summed E-state index contributed by atoms with van der Waals surface area (Å²) in [5.41, 5.74) is 1.37. The zero-order valence-corrected chi connectivity index (χ0v) is 18.9. The van der Waals surface area contributed by atoms with Crippen LogP contribution in [0.2, 0.25) is 0 Å². The molecule has 0 aromatic carbocycles. The molecule has 1 atom stereocenters. The number of amides is 1. The number of hydrogen-bond donors (Lipinski definition) is 1. The average Bonchev–Trinajstić information content (AvgIpc) is 2.81. The smallest absolute Gasteiger partial charge is 0.282 e. The molecule has 0 saturated heterocycles. The summed E-state index contributed by atoms with van der Waals surface area (Å²) in [5, 5.41) is 2.67. The van der Waals surface area contributed by atoms with Crippen LogP contribution in [-0.4, -0.2) is 42.4 Å². The summed E-state index contributed by atoms with van der Waals surface area (Å²) < 4.78 is 33.6. The van der Waals surface area contributed by atoms with Crippen molar-refractivity contribution < 1.29 is 17.9 Å². The third-order valence-corrected chi connectivity index (χ3v) is 6.69. The maximum absolute atomic E-state index is 13.7. The summed E-state index contributed by atoms with van der Waals surface area (Å²) >= 11 is 0. The molecule has 0 aliphatic rings. The number of anilines is 1. The SMILES string of the molecule is CCC(C(=O)NCc1ccccn1)N(c1ccc(OC)nc1)S(=O)(=O)c1ncccc1C. The molecule has 3 rings (SSSR count). The van der Waals surface area contributed by atoms with Crippen LogP contribution >= 0.6 is 0 Å². The molecule has 10 heteroatoms. The number of ether oxygens (including phenoxy) is 1. The van der Waals surface area contributed by atoms with Crippen molar-refractivity contribution in [1.29, 1.82) is 0 Å². The van der Waals surface area contributed by atoms with Crippen LogP contribution in [0.3, 0.4) is 0 Å². The Morgan fingerprint density at radius 1 is 1.09 bits per heavy atom. The number of nitrogens with zero attached hydrogens (tertiary/aromatic N) is 4. The van der Waals surface area contributed by atoms with E-state index in [0.29, 0.717) is 17.1 Å². The van der Waals surface area contributed by atoms with E-state index in [2.05, 4.69) is 20.3 Å². The predicted molar refractivity (Wildman–Crippen MR) is 120 cm³/mol. The van der Waals surface area contributed by atoms with Crippen LogP contribution in [0.5, 0.6) is 5.88 Å². The molecule has 3 aromatic heterocycles. The van der Waals surface area contributed by atoms with Gasteiger partial charge in [-0.3, -0.25) is 14.1 Å². The topological polar surface area (TPSA) is 114 Å². The number of pyridine rings is 3. The van der Waals surface area contributed by atoms with Gasteiger partial charge in [-0.15, -0.1) is 0 Å². The fraction of sp³-hybridized carbons (Fsp3) is 0.273. The molecule has 1 N–H and O–H groups in total. The molecule has 168 valence electrons. The highest BCUT2D eigenvalue weighted by molar-refractivity contribution is 7.92. The molecule has 0 aliphatic heterocycles. The van der Waals surface area contributed by atoms with Crippen LogP contribution in [0, 0.1) is 6.92 Å². The van der Waals surface area contributed by atoms with Gasteiger partial charge in [-0.05, 0) is 43.2 Å². The Kier molecular flexibility index (Phi) is 7.37. The maximum Gasteiger partial charge on any atom is 0.282 e. The maximum atomic E-state index is 13.7. The first-order valence-corrected chi connectivity index (χ1v) is 11.5. The van der Waals surface area contributed by atoms with Crippen LogP contribution in [0.15, 0.2) is 66.1 Å². The third kappa shape index (κ3) is 5.02. The number of rotatable bonds is 9. The number of hydrogen-bond acceptors (Lipinski definition) is 7. The number of nitrogens with one attached hydrogen (secondary N) is 1. The fourth-order valence-electron chi connectivity index (χ4n) is 3.20. The molecule has 0 spiro atoms. The van der Waals surface area contributed by atoms with Crippen LogP contribution in [-0.2, 0) is 21.4 Å². The largest absolute Gasteiger partial charge is 0.481 e. The van der Waals surface area contributed by atoms with E-state index in [0.717, 1.165) is 4.31 Å². The van der Waals surface area contributed by atoms with Crippen molar-refractivity contribution in [2.24, 2.45) is 0 Å². The van der Waals surface area contributed by atoms with Crippen LogP contribution < -0.4 is 14.4 Å². The highest BCUT2D eigenvalue weighted by atomic mass is 32.2. The first-order chi connectivity index (χ1) is 15.4. The normalized spacial score (nSPS) is 12.1. The molecule has 0 saturated carbocycles. The van der Waals surface area contributed by atoms with E-state index in [-0.39, 0.29) is 23.7 Å². The lowest BCUT2D eigenvalue weighted by Crippen LogP contribution is -2.49. The number of sulfonamides is 1. The first-order valence-electron chi connectivity index (χ1n) is 10.0. The Bertz CT molecular complexity index is 1150. The van der Waals surface area contributed by atoms with Gasteiger partial charge in [-0.1, -0.05) is 19.1 Å². The summed E-state index contributed by atoms with van der Waals surface area (Å²) in [6.07, 6.45) is 4.63. The van der Waals surface area contributed by atoms with Gasteiger partial charge in [0.05, 0.1) is 31.2 Å². The molecule has 0 aliphatic carbocycles. The second kappa shape index (κ2) is 10.2. The van der Waals surface area contributed by atoms with Gasteiger partial charge < -0.3 is 10.1 Å². The van der Waals surface area contributed by atoms with Gasteiger partial charge in [0, 0.05) is 18.5 Å². The van der Waals surface area contributed by atoms with Crippen LogP contribution in [0.1, 0.15) is 24.6 Å². The average molecular weight is 456 g/mol.